The molecule has 0 aliphatic rings. The minimum Gasteiger partial charge on any atom is -0.361 e. The lowest BCUT2D eigenvalue weighted by atomic mass is 10.0. The van der Waals surface area contributed by atoms with E-state index in [0.717, 1.165) is 46.1 Å². The van der Waals surface area contributed by atoms with Crippen molar-refractivity contribution in [3.05, 3.63) is 194 Å². The third-order valence-corrected chi connectivity index (χ3v) is 9.16. The van der Waals surface area contributed by atoms with Crippen LogP contribution in [0.5, 0.6) is 0 Å². The number of rotatable bonds is 5. The van der Waals surface area contributed by atoms with Crippen LogP contribution in [0.25, 0.3) is 49.7 Å². The van der Waals surface area contributed by atoms with Crippen LogP contribution in [-0.2, 0) is 12.4 Å². The summed E-state index contributed by atoms with van der Waals surface area (Å²) in [4.78, 5) is 24.6. The van der Waals surface area contributed by atoms with Crippen LogP contribution in [0.1, 0.15) is 11.1 Å². The first-order valence-corrected chi connectivity index (χ1v) is 17.6. The molecule has 57 heavy (non-hydrogen) atoms. The van der Waals surface area contributed by atoms with Crippen molar-refractivity contribution in [3.8, 4) is 27.9 Å². The summed E-state index contributed by atoms with van der Waals surface area (Å²) in [5.74, 6) is 0. The number of nitro benzene ring substituents is 2. The molecule has 6 aromatic carbocycles. The van der Waals surface area contributed by atoms with Crippen LogP contribution in [0, 0.1) is 20.2 Å². The quantitative estimate of drug-likeness (QED) is 0.106. The fourth-order valence-corrected chi connectivity index (χ4v) is 6.41. The molecule has 0 aliphatic carbocycles. The van der Waals surface area contributed by atoms with E-state index >= 15 is 0 Å². The molecule has 2 heterocycles. The van der Waals surface area contributed by atoms with E-state index in [0.29, 0.717) is 32.4 Å². The van der Waals surface area contributed by atoms with Crippen LogP contribution in [-0.4, -0.2) is 19.4 Å². The summed E-state index contributed by atoms with van der Waals surface area (Å²) in [6.07, 6.45) is -5.13. The van der Waals surface area contributed by atoms with Gasteiger partial charge in [-0.1, -0.05) is 64.5 Å². The fourth-order valence-electron chi connectivity index (χ4n) is 6.01. The van der Waals surface area contributed by atoms with Gasteiger partial charge in [0.05, 0.1) is 37.6 Å². The first-order valence-electron chi connectivity index (χ1n) is 16.8. The minimum absolute atomic E-state index is 0.000777. The molecule has 0 bridgehead atoms. The molecule has 0 unspecified atom stereocenters. The van der Waals surface area contributed by atoms with Gasteiger partial charge in [0.15, 0.2) is 0 Å². The minimum atomic E-state index is -4.42. The van der Waals surface area contributed by atoms with E-state index in [1.54, 1.807) is 77.5 Å². The maximum atomic E-state index is 13.0. The van der Waals surface area contributed by atoms with E-state index in [-0.39, 0.29) is 16.3 Å². The van der Waals surface area contributed by atoms with Gasteiger partial charge in [0.25, 0.3) is 11.4 Å². The van der Waals surface area contributed by atoms with Gasteiger partial charge >= 0.3 is 12.4 Å². The molecule has 0 saturated heterocycles. The Bertz CT molecular complexity index is 2720. The molecular formula is C42H27BrF6N4O4. The number of nitrogens with one attached hydrogen (secondary N) is 1. The van der Waals surface area contributed by atoms with Crippen LogP contribution in [0.4, 0.5) is 37.7 Å². The SMILES string of the molecule is FC(F)(F)c1cccc(Br)c1.O=[N+]([O-])c1ccccc1-c1ccc2[nH]ccc2c1.O=[N+]([O-])c1ccccc1-c1ccc2c(ccn2-c2cccc(C(F)(F)F)c2)c1. The van der Waals surface area contributed by atoms with Crippen LogP contribution < -0.4 is 0 Å². The van der Waals surface area contributed by atoms with Gasteiger partial charge in [0.1, 0.15) is 0 Å². The van der Waals surface area contributed by atoms with Crippen LogP contribution in [0.15, 0.2) is 162 Å². The molecule has 0 amide bonds. The van der Waals surface area contributed by atoms with E-state index in [4.69, 9.17) is 0 Å². The average Bonchev–Trinajstić information content (AvgIpc) is 3.85. The summed E-state index contributed by atoms with van der Waals surface area (Å²) in [5.41, 5.74) is 3.56. The van der Waals surface area contributed by atoms with Gasteiger partial charge in [0.2, 0.25) is 0 Å². The average molecular weight is 846 g/mol. The molecule has 8 aromatic rings. The van der Waals surface area contributed by atoms with Gasteiger partial charge < -0.3 is 9.55 Å². The number of nitro groups is 2. The van der Waals surface area contributed by atoms with Gasteiger partial charge in [-0.3, -0.25) is 20.2 Å². The van der Waals surface area contributed by atoms with Crippen molar-refractivity contribution in [1.82, 2.24) is 9.55 Å². The number of fused-ring (bicyclic) bond motifs is 2. The molecule has 0 fully saturated rings. The van der Waals surface area contributed by atoms with Crippen molar-refractivity contribution in [2.75, 3.05) is 0 Å². The number of benzene rings is 6. The zero-order chi connectivity index (χ0) is 40.9. The maximum absolute atomic E-state index is 13.0. The standard InChI is InChI=1S/C21H13F3N2O2.C14H10N2O2.C7H4BrF3/c22-21(23,24)16-4-3-5-17(13-16)25-11-10-15-12-14(8-9-19(15)25)18-6-1-2-7-20(18)26(27)28;17-16(18)14-4-2-1-3-12(14)10-5-6-13-11(9-10)7-8-15-13;8-6-3-1-2-5(4-6)7(9,10)11/h1-13H;1-9,15H;1-4H. The lowest BCUT2D eigenvalue weighted by Crippen LogP contribution is -2.05. The number of nitrogens with zero attached hydrogens (tertiary/aromatic N) is 3. The van der Waals surface area contributed by atoms with Gasteiger partial charge in [-0.15, -0.1) is 0 Å². The number of hydrogen-bond acceptors (Lipinski definition) is 4. The molecule has 8 nitrogen and oxygen atoms in total. The summed E-state index contributed by atoms with van der Waals surface area (Å²) in [6, 6.07) is 38.1. The molecule has 0 atom stereocenters. The lowest BCUT2D eigenvalue weighted by Gasteiger charge is -2.11. The molecule has 0 saturated carbocycles. The predicted octanol–water partition coefficient (Wildman–Crippen LogP) is 13.4. The number of aromatic amines is 1. The number of H-pyrrole nitrogens is 1. The maximum Gasteiger partial charge on any atom is 0.416 e. The largest absolute Gasteiger partial charge is 0.416 e. The summed E-state index contributed by atoms with van der Waals surface area (Å²) in [5, 5.41) is 24.1. The zero-order valence-electron chi connectivity index (χ0n) is 29.1. The molecule has 288 valence electrons. The third-order valence-electron chi connectivity index (χ3n) is 8.67. The highest BCUT2D eigenvalue weighted by Crippen LogP contribution is 2.35. The van der Waals surface area contributed by atoms with E-state index in [1.165, 1.54) is 24.3 Å². The topological polar surface area (TPSA) is 107 Å². The van der Waals surface area contributed by atoms with Crippen LogP contribution in [0.3, 0.4) is 0 Å². The summed E-state index contributed by atoms with van der Waals surface area (Å²) in [7, 11) is 0. The van der Waals surface area contributed by atoms with E-state index in [9.17, 15) is 46.6 Å². The van der Waals surface area contributed by atoms with Gasteiger partial charge in [0, 0.05) is 45.6 Å². The Morgan fingerprint density at radius 1 is 0.561 bits per heavy atom. The number of hydrogen-bond donors (Lipinski definition) is 1. The monoisotopic (exact) mass is 844 g/mol. The predicted molar refractivity (Wildman–Crippen MR) is 210 cm³/mol. The van der Waals surface area contributed by atoms with Crippen molar-refractivity contribution < 1.29 is 36.2 Å². The Balaban J connectivity index is 0.000000161. The highest BCUT2D eigenvalue weighted by atomic mass is 79.9. The van der Waals surface area contributed by atoms with E-state index < -0.39 is 28.4 Å². The molecule has 8 rings (SSSR count). The van der Waals surface area contributed by atoms with Gasteiger partial charge in [-0.2, -0.15) is 26.3 Å². The molecule has 15 heteroatoms. The summed E-state index contributed by atoms with van der Waals surface area (Å²) < 4.78 is 76.9. The zero-order valence-corrected chi connectivity index (χ0v) is 30.7. The second-order valence-corrected chi connectivity index (χ2v) is 13.3. The Labute approximate surface area is 328 Å². The van der Waals surface area contributed by atoms with E-state index in [1.807, 2.05) is 36.5 Å². The van der Waals surface area contributed by atoms with Crippen molar-refractivity contribution >= 4 is 49.1 Å². The Hall–Kier alpha value is -6.74. The van der Waals surface area contributed by atoms with Crippen molar-refractivity contribution in [3.63, 3.8) is 0 Å². The number of alkyl halides is 6. The second-order valence-electron chi connectivity index (χ2n) is 12.3. The molecule has 0 spiro atoms. The number of para-hydroxylation sites is 2. The van der Waals surface area contributed by atoms with Gasteiger partial charge in [-0.25, -0.2) is 0 Å². The second kappa shape index (κ2) is 16.5. The Morgan fingerprint density at radius 2 is 1.11 bits per heavy atom. The Morgan fingerprint density at radius 3 is 1.67 bits per heavy atom. The normalized spacial score (nSPS) is 11.4. The first-order chi connectivity index (χ1) is 27.1. The van der Waals surface area contributed by atoms with Gasteiger partial charge in [-0.05, 0) is 101 Å². The molecule has 1 N–H and O–H groups in total. The highest BCUT2D eigenvalue weighted by Gasteiger charge is 2.31. The fraction of sp³-hybridized carbons (Fsp3) is 0.0476. The van der Waals surface area contributed by atoms with Crippen molar-refractivity contribution in [2.24, 2.45) is 0 Å². The number of aromatic nitrogens is 2. The number of halogens is 7. The molecular weight excluding hydrogens is 818 g/mol. The summed E-state index contributed by atoms with van der Waals surface area (Å²) >= 11 is 2.95. The first kappa shape index (κ1) is 39.9. The van der Waals surface area contributed by atoms with Crippen LogP contribution >= 0.6 is 15.9 Å². The third kappa shape index (κ3) is 9.39. The summed E-state index contributed by atoms with van der Waals surface area (Å²) in [6.45, 7) is 0. The smallest absolute Gasteiger partial charge is 0.361 e. The van der Waals surface area contributed by atoms with Crippen molar-refractivity contribution in [1.29, 1.82) is 0 Å². The molecule has 2 aromatic heterocycles. The lowest BCUT2D eigenvalue weighted by molar-refractivity contribution is -0.384. The highest BCUT2D eigenvalue weighted by molar-refractivity contribution is 9.10. The molecule has 0 radical (unpaired) electrons. The Kier molecular flexibility index (Phi) is 11.6. The molecule has 0 aliphatic heterocycles. The van der Waals surface area contributed by atoms with Crippen LogP contribution in [0.2, 0.25) is 0 Å². The van der Waals surface area contributed by atoms with Crippen molar-refractivity contribution in [2.45, 2.75) is 12.4 Å². The van der Waals surface area contributed by atoms with E-state index in [2.05, 4.69) is 20.9 Å².